The van der Waals surface area contributed by atoms with E-state index >= 15 is 0 Å². The van der Waals surface area contributed by atoms with E-state index < -0.39 is 0 Å². The van der Waals surface area contributed by atoms with E-state index in [1.807, 2.05) is 7.11 Å². The molecular weight excluding hydrogens is 222 g/mol. The summed E-state index contributed by atoms with van der Waals surface area (Å²) in [6, 6.07) is 0.536. The van der Waals surface area contributed by atoms with Crippen molar-refractivity contribution in [3.63, 3.8) is 0 Å². The Hall–Kier alpha value is -0.0800. The molecule has 18 heavy (non-hydrogen) atoms. The molecule has 0 aromatic heterocycles. The number of rotatable bonds is 8. The summed E-state index contributed by atoms with van der Waals surface area (Å²) in [6.07, 6.45) is 10.4. The first kappa shape index (κ1) is 16.0. The third-order valence-corrected chi connectivity index (χ3v) is 4.61. The van der Waals surface area contributed by atoms with Crippen molar-refractivity contribution < 1.29 is 4.74 Å². The van der Waals surface area contributed by atoms with Crippen LogP contribution >= 0.6 is 0 Å². The van der Waals surface area contributed by atoms with Gasteiger partial charge in [0.2, 0.25) is 0 Å². The van der Waals surface area contributed by atoms with E-state index in [4.69, 9.17) is 4.74 Å². The fraction of sp³-hybridized carbons (Fsp3) is 1.00. The van der Waals surface area contributed by atoms with Crippen molar-refractivity contribution in [1.82, 2.24) is 5.32 Å². The van der Waals surface area contributed by atoms with E-state index in [1.54, 1.807) is 0 Å². The highest BCUT2D eigenvalue weighted by Crippen LogP contribution is 2.36. The number of ether oxygens (including phenoxy) is 1. The van der Waals surface area contributed by atoms with Crippen molar-refractivity contribution in [2.45, 2.75) is 83.8 Å². The Bertz CT molecular complexity index is 211. The topological polar surface area (TPSA) is 21.3 Å². The molecule has 1 saturated carbocycles. The molecule has 2 nitrogen and oxygen atoms in total. The van der Waals surface area contributed by atoms with Crippen LogP contribution in [0.15, 0.2) is 0 Å². The minimum Gasteiger partial charge on any atom is -0.377 e. The summed E-state index contributed by atoms with van der Waals surface area (Å²) in [5.74, 6) is 0.799. The average molecular weight is 255 g/mol. The van der Waals surface area contributed by atoms with Crippen molar-refractivity contribution in [2.75, 3.05) is 13.7 Å². The van der Waals surface area contributed by atoms with Gasteiger partial charge >= 0.3 is 0 Å². The van der Waals surface area contributed by atoms with Crippen LogP contribution in [0.1, 0.15) is 72.1 Å². The van der Waals surface area contributed by atoms with Crippen molar-refractivity contribution in [3.8, 4) is 0 Å². The molecule has 1 aliphatic carbocycles. The molecule has 0 radical (unpaired) electrons. The Morgan fingerprint density at radius 3 is 2.33 bits per heavy atom. The molecule has 108 valence electrons. The minimum atomic E-state index is 0.107. The maximum Gasteiger partial charge on any atom is 0.0831 e. The number of hydrogen-bond acceptors (Lipinski definition) is 2. The Morgan fingerprint density at radius 1 is 1.17 bits per heavy atom. The molecule has 0 saturated heterocycles. The van der Waals surface area contributed by atoms with Crippen LogP contribution < -0.4 is 5.32 Å². The van der Waals surface area contributed by atoms with Crippen LogP contribution in [0, 0.1) is 5.92 Å². The summed E-state index contributed by atoms with van der Waals surface area (Å²) in [6.45, 7) is 7.93. The smallest absolute Gasteiger partial charge is 0.0831 e. The maximum atomic E-state index is 6.01. The maximum absolute atomic E-state index is 6.01. The van der Waals surface area contributed by atoms with Gasteiger partial charge in [-0.2, -0.15) is 0 Å². The van der Waals surface area contributed by atoms with Gasteiger partial charge in [0.15, 0.2) is 0 Å². The SMILES string of the molecule is CCCC(C)CC(NCC)C1(OC)CCCCC1. The normalized spacial score (nSPS) is 22.7. The van der Waals surface area contributed by atoms with E-state index in [9.17, 15) is 0 Å². The fourth-order valence-electron chi connectivity index (χ4n) is 3.59. The third-order valence-electron chi connectivity index (χ3n) is 4.61. The monoisotopic (exact) mass is 255 g/mol. The van der Waals surface area contributed by atoms with Crippen LogP contribution in [0.25, 0.3) is 0 Å². The van der Waals surface area contributed by atoms with Gasteiger partial charge in [-0.1, -0.05) is 52.9 Å². The first-order valence-corrected chi connectivity index (χ1v) is 7.97. The molecule has 2 atom stereocenters. The summed E-state index contributed by atoms with van der Waals surface area (Å²) in [7, 11) is 1.92. The molecule has 0 spiro atoms. The van der Waals surface area contributed by atoms with Crippen LogP contribution in [0.3, 0.4) is 0 Å². The Kier molecular flexibility index (Phi) is 7.25. The second-order valence-electron chi connectivity index (χ2n) is 6.07. The first-order chi connectivity index (χ1) is 8.68. The Labute approximate surface area is 114 Å². The minimum absolute atomic E-state index is 0.107. The molecule has 2 unspecified atom stereocenters. The molecule has 1 rings (SSSR count). The highest BCUT2D eigenvalue weighted by Gasteiger charge is 2.39. The highest BCUT2D eigenvalue weighted by molar-refractivity contribution is 4.95. The molecule has 1 fully saturated rings. The zero-order valence-electron chi connectivity index (χ0n) is 12.9. The zero-order valence-corrected chi connectivity index (χ0v) is 12.9. The van der Waals surface area contributed by atoms with Crippen LogP contribution in [-0.2, 0) is 4.74 Å². The van der Waals surface area contributed by atoms with Crippen LogP contribution in [0.4, 0.5) is 0 Å². The van der Waals surface area contributed by atoms with Crippen LogP contribution in [0.5, 0.6) is 0 Å². The summed E-state index contributed by atoms with van der Waals surface area (Å²) in [4.78, 5) is 0. The van der Waals surface area contributed by atoms with Gasteiger partial charge in [0.1, 0.15) is 0 Å². The lowest BCUT2D eigenvalue weighted by Gasteiger charge is -2.44. The van der Waals surface area contributed by atoms with Crippen molar-refractivity contribution in [2.24, 2.45) is 5.92 Å². The van der Waals surface area contributed by atoms with E-state index in [2.05, 4.69) is 26.1 Å². The average Bonchev–Trinajstić information content (AvgIpc) is 2.39. The zero-order chi connectivity index (χ0) is 13.4. The summed E-state index contributed by atoms with van der Waals surface area (Å²) in [5, 5.41) is 3.71. The lowest BCUT2D eigenvalue weighted by Crippen LogP contribution is -2.53. The molecular formula is C16H33NO. The predicted octanol–water partition coefficient (Wildman–Crippen LogP) is 4.14. The highest BCUT2D eigenvalue weighted by atomic mass is 16.5. The van der Waals surface area contributed by atoms with Gasteiger partial charge in [0.25, 0.3) is 0 Å². The quantitative estimate of drug-likeness (QED) is 0.704. The van der Waals surface area contributed by atoms with Gasteiger partial charge in [0.05, 0.1) is 5.60 Å². The van der Waals surface area contributed by atoms with Gasteiger partial charge < -0.3 is 10.1 Å². The molecule has 0 aromatic carbocycles. The molecule has 0 aliphatic heterocycles. The number of nitrogens with one attached hydrogen (secondary N) is 1. The van der Waals surface area contributed by atoms with Crippen molar-refractivity contribution in [1.29, 1.82) is 0 Å². The summed E-state index contributed by atoms with van der Waals surface area (Å²) < 4.78 is 6.01. The van der Waals surface area contributed by atoms with E-state index in [0.29, 0.717) is 6.04 Å². The molecule has 0 aromatic rings. The van der Waals surface area contributed by atoms with Gasteiger partial charge in [-0.05, 0) is 31.7 Å². The first-order valence-electron chi connectivity index (χ1n) is 7.97. The molecule has 1 aliphatic rings. The standard InChI is InChI=1S/C16H33NO/c1-5-10-14(3)13-15(17-6-2)16(18-4)11-8-7-9-12-16/h14-15,17H,5-13H2,1-4H3. The van der Waals surface area contributed by atoms with Gasteiger partial charge in [0, 0.05) is 13.2 Å². The Morgan fingerprint density at radius 2 is 1.83 bits per heavy atom. The number of likely N-dealkylation sites (N-methyl/N-ethyl adjacent to an activating group) is 1. The van der Waals surface area contributed by atoms with Crippen LogP contribution in [-0.4, -0.2) is 25.3 Å². The number of methoxy groups -OCH3 is 1. The Balaban J connectivity index is 2.67. The fourth-order valence-corrected chi connectivity index (χ4v) is 3.59. The number of hydrogen-bond donors (Lipinski definition) is 1. The van der Waals surface area contributed by atoms with E-state index in [1.165, 1.54) is 51.4 Å². The second-order valence-corrected chi connectivity index (χ2v) is 6.07. The van der Waals surface area contributed by atoms with Crippen molar-refractivity contribution in [3.05, 3.63) is 0 Å². The summed E-state index contributed by atoms with van der Waals surface area (Å²) in [5.41, 5.74) is 0.107. The van der Waals surface area contributed by atoms with Gasteiger partial charge in [-0.3, -0.25) is 0 Å². The van der Waals surface area contributed by atoms with Crippen molar-refractivity contribution >= 4 is 0 Å². The predicted molar refractivity (Wildman–Crippen MR) is 79.0 cm³/mol. The molecule has 2 heteroatoms. The van der Waals surface area contributed by atoms with Crippen LogP contribution in [0.2, 0.25) is 0 Å². The lowest BCUT2D eigenvalue weighted by molar-refractivity contribution is -0.0719. The molecule has 0 amide bonds. The lowest BCUT2D eigenvalue weighted by atomic mass is 9.76. The third kappa shape index (κ3) is 4.24. The molecule has 0 heterocycles. The second kappa shape index (κ2) is 8.16. The largest absolute Gasteiger partial charge is 0.377 e. The van der Waals surface area contributed by atoms with Gasteiger partial charge in [-0.15, -0.1) is 0 Å². The molecule has 0 bridgehead atoms. The summed E-state index contributed by atoms with van der Waals surface area (Å²) >= 11 is 0. The van der Waals surface area contributed by atoms with E-state index in [0.717, 1.165) is 12.5 Å². The van der Waals surface area contributed by atoms with Gasteiger partial charge in [-0.25, -0.2) is 0 Å². The molecule has 1 N–H and O–H groups in total. The van der Waals surface area contributed by atoms with E-state index in [-0.39, 0.29) is 5.60 Å².